The van der Waals surface area contributed by atoms with Crippen molar-refractivity contribution in [2.45, 2.75) is 65.8 Å². The highest BCUT2D eigenvalue weighted by molar-refractivity contribution is 7.11. The number of guanidine groups is 1. The molecule has 0 unspecified atom stereocenters. The Morgan fingerprint density at radius 1 is 1.12 bits per heavy atom. The molecule has 0 radical (unpaired) electrons. The standard InChI is InChI=1S/C19H35N5S/c1-4-20-19(22-15-18-23-16(2)17(3)25-18)21-11-7-5-8-12-24-13-9-6-10-14-24/h4-15H2,1-3H3,(H2,20,21,22). The number of piperidine rings is 1. The lowest BCUT2D eigenvalue weighted by molar-refractivity contribution is 0.224. The SMILES string of the molecule is CCNC(=NCc1nc(C)c(C)s1)NCCCCCN1CCCCC1. The molecule has 0 amide bonds. The van der Waals surface area contributed by atoms with E-state index in [0.29, 0.717) is 6.54 Å². The molecule has 1 aliphatic heterocycles. The number of thiazole rings is 1. The minimum absolute atomic E-state index is 0.656. The fourth-order valence-corrected chi connectivity index (χ4v) is 3.98. The van der Waals surface area contributed by atoms with Gasteiger partial charge >= 0.3 is 0 Å². The maximum absolute atomic E-state index is 4.66. The van der Waals surface area contributed by atoms with E-state index in [-0.39, 0.29) is 0 Å². The smallest absolute Gasteiger partial charge is 0.191 e. The third-order valence-corrected chi connectivity index (χ3v) is 5.74. The van der Waals surface area contributed by atoms with Crippen LogP contribution in [-0.2, 0) is 6.54 Å². The zero-order valence-corrected chi connectivity index (χ0v) is 17.1. The molecular weight excluding hydrogens is 330 g/mol. The van der Waals surface area contributed by atoms with Crippen LogP contribution in [0.5, 0.6) is 0 Å². The normalized spacial score (nSPS) is 16.2. The van der Waals surface area contributed by atoms with Gasteiger partial charge in [0.05, 0.1) is 12.2 Å². The number of aliphatic imine (C=N–C) groups is 1. The summed E-state index contributed by atoms with van der Waals surface area (Å²) in [5.74, 6) is 0.907. The number of unbranched alkanes of at least 4 members (excludes halogenated alkanes) is 2. The highest BCUT2D eigenvalue weighted by Gasteiger charge is 2.08. The van der Waals surface area contributed by atoms with E-state index in [1.165, 1.54) is 63.0 Å². The van der Waals surface area contributed by atoms with Gasteiger partial charge < -0.3 is 15.5 Å². The lowest BCUT2D eigenvalue weighted by Gasteiger charge is -2.26. The van der Waals surface area contributed by atoms with Crippen LogP contribution in [-0.4, -0.2) is 48.6 Å². The molecule has 6 heteroatoms. The quantitative estimate of drug-likeness (QED) is 0.400. The van der Waals surface area contributed by atoms with Crippen molar-refractivity contribution in [3.63, 3.8) is 0 Å². The number of aryl methyl sites for hydroxylation is 2. The van der Waals surface area contributed by atoms with E-state index in [0.717, 1.165) is 29.8 Å². The molecule has 1 aliphatic rings. The van der Waals surface area contributed by atoms with Crippen molar-refractivity contribution in [1.29, 1.82) is 0 Å². The van der Waals surface area contributed by atoms with Gasteiger partial charge in [-0.05, 0) is 66.1 Å². The summed E-state index contributed by atoms with van der Waals surface area (Å²) < 4.78 is 0. The highest BCUT2D eigenvalue weighted by Crippen LogP contribution is 2.16. The maximum atomic E-state index is 4.66. The zero-order valence-electron chi connectivity index (χ0n) is 16.2. The van der Waals surface area contributed by atoms with Gasteiger partial charge in [0.15, 0.2) is 5.96 Å². The molecule has 142 valence electrons. The van der Waals surface area contributed by atoms with Gasteiger partial charge in [0.25, 0.3) is 0 Å². The van der Waals surface area contributed by atoms with E-state index in [1.807, 2.05) is 0 Å². The summed E-state index contributed by atoms with van der Waals surface area (Å²) in [7, 11) is 0. The Morgan fingerprint density at radius 3 is 2.60 bits per heavy atom. The lowest BCUT2D eigenvalue weighted by atomic mass is 10.1. The van der Waals surface area contributed by atoms with Gasteiger partial charge in [-0.25, -0.2) is 9.98 Å². The predicted octanol–water partition coefficient (Wildman–Crippen LogP) is 3.47. The van der Waals surface area contributed by atoms with Gasteiger partial charge in [0.1, 0.15) is 5.01 Å². The summed E-state index contributed by atoms with van der Waals surface area (Å²) in [5.41, 5.74) is 1.13. The molecule has 2 heterocycles. The number of nitrogens with one attached hydrogen (secondary N) is 2. The monoisotopic (exact) mass is 365 g/mol. The molecule has 1 fully saturated rings. The Morgan fingerprint density at radius 2 is 1.92 bits per heavy atom. The van der Waals surface area contributed by atoms with Gasteiger partial charge in [0, 0.05) is 18.0 Å². The average molecular weight is 366 g/mol. The van der Waals surface area contributed by atoms with Crippen LogP contribution in [0.1, 0.15) is 61.0 Å². The van der Waals surface area contributed by atoms with E-state index >= 15 is 0 Å². The first kappa shape index (κ1) is 20.2. The number of hydrogen-bond acceptors (Lipinski definition) is 4. The summed E-state index contributed by atoms with van der Waals surface area (Å²) in [4.78, 5) is 13.1. The molecule has 1 aromatic rings. The number of nitrogens with zero attached hydrogens (tertiary/aromatic N) is 3. The van der Waals surface area contributed by atoms with Crippen LogP contribution in [0.3, 0.4) is 0 Å². The Balaban J connectivity index is 1.62. The van der Waals surface area contributed by atoms with Gasteiger partial charge in [-0.15, -0.1) is 11.3 Å². The minimum atomic E-state index is 0.656. The first-order valence-electron chi connectivity index (χ1n) is 9.86. The van der Waals surface area contributed by atoms with Crippen LogP contribution in [0, 0.1) is 13.8 Å². The number of likely N-dealkylation sites (tertiary alicyclic amines) is 1. The average Bonchev–Trinajstić information content (AvgIpc) is 2.94. The fourth-order valence-electron chi connectivity index (χ4n) is 3.12. The van der Waals surface area contributed by atoms with Gasteiger partial charge in [-0.1, -0.05) is 12.8 Å². The second kappa shape index (κ2) is 11.5. The van der Waals surface area contributed by atoms with Crippen molar-refractivity contribution >= 4 is 17.3 Å². The molecule has 0 aromatic carbocycles. The summed E-state index contributed by atoms with van der Waals surface area (Å²) in [5, 5.41) is 7.87. The zero-order chi connectivity index (χ0) is 17.9. The van der Waals surface area contributed by atoms with Gasteiger partial charge in [0.2, 0.25) is 0 Å². The van der Waals surface area contributed by atoms with Crippen molar-refractivity contribution in [1.82, 2.24) is 20.5 Å². The Kier molecular flexibility index (Phi) is 9.26. The third-order valence-electron chi connectivity index (χ3n) is 4.68. The Bertz CT molecular complexity index is 500. The van der Waals surface area contributed by atoms with Crippen molar-refractivity contribution in [3.8, 4) is 0 Å². The first-order chi connectivity index (χ1) is 12.2. The van der Waals surface area contributed by atoms with E-state index in [4.69, 9.17) is 0 Å². The molecule has 0 spiro atoms. The molecule has 0 aliphatic carbocycles. The van der Waals surface area contributed by atoms with Crippen LogP contribution in [0.15, 0.2) is 4.99 Å². The summed E-state index contributed by atoms with van der Waals surface area (Å²) in [6.07, 6.45) is 8.01. The van der Waals surface area contributed by atoms with Crippen molar-refractivity contribution < 1.29 is 0 Å². The molecule has 1 aromatic heterocycles. The van der Waals surface area contributed by atoms with E-state index in [1.54, 1.807) is 11.3 Å². The van der Waals surface area contributed by atoms with Crippen molar-refractivity contribution in [2.75, 3.05) is 32.7 Å². The topological polar surface area (TPSA) is 52.6 Å². The van der Waals surface area contributed by atoms with Crippen LogP contribution >= 0.6 is 11.3 Å². The highest BCUT2D eigenvalue weighted by atomic mass is 32.1. The Hall–Kier alpha value is -1.14. The molecule has 25 heavy (non-hydrogen) atoms. The van der Waals surface area contributed by atoms with Crippen LogP contribution < -0.4 is 10.6 Å². The van der Waals surface area contributed by atoms with E-state index < -0.39 is 0 Å². The van der Waals surface area contributed by atoms with Crippen LogP contribution in [0.25, 0.3) is 0 Å². The van der Waals surface area contributed by atoms with Gasteiger partial charge in [-0.3, -0.25) is 0 Å². The van der Waals surface area contributed by atoms with E-state index in [2.05, 4.69) is 46.3 Å². The first-order valence-corrected chi connectivity index (χ1v) is 10.7. The molecule has 5 nitrogen and oxygen atoms in total. The number of hydrogen-bond donors (Lipinski definition) is 2. The predicted molar refractivity (Wildman–Crippen MR) is 109 cm³/mol. The molecule has 1 saturated heterocycles. The van der Waals surface area contributed by atoms with Crippen molar-refractivity contribution in [3.05, 3.63) is 15.6 Å². The maximum Gasteiger partial charge on any atom is 0.191 e. The van der Waals surface area contributed by atoms with Crippen LogP contribution in [0.4, 0.5) is 0 Å². The molecular formula is C19H35N5S. The van der Waals surface area contributed by atoms with Crippen LogP contribution in [0.2, 0.25) is 0 Å². The molecule has 0 atom stereocenters. The fraction of sp³-hybridized carbons (Fsp3) is 0.789. The number of rotatable bonds is 9. The molecule has 2 N–H and O–H groups in total. The third kappa shape index (κ3) is 7.74. The second-order valence-electron chi connectivity index (χ2n) is 6.83. The van der Waals surface area contributed by atoms with Crippen molar-refractivity contribution in [2.24, 2.45) is 4.99 Å². The summed E-state index contributed by atoms with van der Waals surface area (Å²) >= 11 is 1.74. The summed E-state index contributed by atoms with van der Waals surface area (Å²) in [6, 6.07) is 0. The van der Waals surface area contributed by atoms with E-state index in [9.17, 15) is 0 Å². The second-order valence-corrected chi connectivity index (χ2v) is 8.12. The minimum Gasteiger partial charge on any atom is -0.357 e. The molecule has 2 rings (SSSR count). The molecule has 0 saturated carbocycles. The lowest BCUT2D eigenvalue weighted by Crippen LogP contribution is -2.37. The largest absolute Gasteiger partial charge is 0.357 e. The summed E-state index contributed by atoms with van der Waals surface area (Å²) in [6.45, 7) is 12.7. The molecule has 0 bridgehead atoms. The van der Waals surface area contributed by atoms with Gasteiger partial charge in [-0.2, -0.15) is 0 Å². The number of aromatic nitrogens is 1. The Labute approximate surface area is 157 Å².